The van der Waals surface area contributed by atoms with Crippen LogP contribution in [-0.4, -0.2) is 26.6 Å². The zero-order chi connectivity index (χ0) is 14.3. The number of halogens is 1. The Morgan fingerprint density at radius 1 is 1.35 bits per heavy atom. The molecule has 0 saturated heterocycles. The van der Waals surface area contributed by atoms with Gasteiger partial charge in [-0.05, 0) is 42.9 Å². The number of hydrogen-bond acceptors (Lipinski definition) is 4. The van der Waals surface area contributed by atoms with Gasteiger partial charge in [-0.3, -0.25) is 4.57 Å². The van der Waals surface area contributed by atoms with E-state index in [1.54, 1.807) is 10.6 Å². The maximum Gasteiger partial charge on any atom is 0.242 e. The number of nitrogens with one attached hydrogen (secondary N) is 1. The summed E-state index contributed by atoms with van der Waals surface area (Å²) in [6.45, 7) is 1.82. The van der Waals surface area contributed by atoms with E-state index in [1.807, 2.05) is 6.92 Å². The third kappa shape index (κ3) is 1.87. The van der Waals surface area contributed by atoms with E-state index in [4.69, 9.17) is 17.0 Å². The van der Waals surface area contributed by atoms with Gasteiger partial charge in [0.25, 0.3) is 0 Å². The lowest BCUT2D eigenvalue weighted by Gasteiger charge is -2.07. The minimum atomic E-state index is -0.287. The predicted octanol–water partition coefficient (Wildman–Crippen LogP) is 2.93. The molecule has 0 radical (unpaired) electrons. The minimum absolute atomic E-state index is 0.287. The molecule has 102 valence electrons. The van der Waals surface area contributed by atoms with Crippen LogP contribution in [0.2, 0.25) is 0 Å². The Bertz CT molecular complexity index is 855. The molecule has 0 spiro atoms. The summed E-state index contributed by atoms with van der Waals surface area (Å²) < 4.78 is 20.6. The number of aryl methyl sites for hydroxylation is 1. The van der Waals surface area contributed by atoms with Crippen molar-refractivity contribution in [3.63, 3.8) is 0 Å². The number of aromatic amines is 1. The highest BCUT2D eigenvalue weighted by Gasteiger charge is 2.14. The molecule has 0 saturated carbocycles. The smallest absolute Gasteiger partial charge is 0.242 e. The van der Waals surface area contributed by atoms with E-state index >= 15 is 0 Å². The van der Waals surface area contributed by atoms with Gasteiger partial charge in [-0.1, -0.05) is 0 Å². The molecule has 0 bridgehead atoms. The molecule has 1 aromatic carbocycles. The lowest BCUT2D eigenvalue weighted by atomic mass is 10.2. The Morgan fingerprint density at radius 3 is 2.85 bits per heavy atom. The summed E-state index contributed by atoms with van der Waals surface area (Å²) in [7, 11) is 1.53. The van der Waals surface area contributed by atoms with E-state index in [1.165, 1.54) is 25.6 Å². The average Bonchev–Trinajstić information content (AvgIpc) is 2.75. The van der Waals surface area contributed by atoms with E-state index in [0.29, 0.717) is 21.8 Å². The molecular weight excluding hydrogens is 279 g/mol. The van der Waals surface area contributed by atoms with Crippen LogP contribution in [0.3, 0.4) is 0 Å². The lowest BCUT2D eigenvalue weighted by molar-refractivity contribution is 0.401. The fourth-order valence-corrected chi connectivity index (χ4v) is 2.43. The number of ether oxygens (including phenoxy) is 1. The molecule has 20 heavy (non-hydrogen) atoms. The highest BCUT2D eigenvalue weighted by Crippen LogP contribution is 2.25. The van der Waals surface area contributed by atoms with Crippen LogP contribution in [0, 0.1) is 17.5 Å². The Morgan fingerprint density at radius 2 is 2.15 bits per heavy atom. The molecule has 0 aliphatic heterocycles. The number of fused-ring (bicyclic) bond motifs is 1. The number of nitrogens with zero attached hydrogens (tertiary/aromatic N) is 3. The summed E-state index contributed by atoms with van der Waals surface area (Å²) in [5.74, 6) is 0.129. The first kappa shape index (κ1) is 12.7. The highest BCUT2D eigenvalue weighted by molar-refractivity contribution is 7.71. The molecule has 0 fully saturated rings. The van der Waals surface area contributed by atoms with E-state index in [2.05, 4.69) is 15.0 Å². The standard InChI is InChI=1S/C13H11FN4OS/c1-7-5-8(14)3-4-9(7)18-11-10(17-13(18)20)12(19-2)16-6-15-11/h3-6H,1-2H3,(H,17,20). The number of methoxy groups -OCH3 is 1. The SMILES string of the molecule is COc1ncnc2c1[nH]c(=S)n2-c1ccc(F)cc1C. The number of imidazole rings is 1. The molecule has 2 aromatic heterocycles. The molecule has 0 amide bonds. The van der Waals surface area contributed by atoms with Crippen molar-refractivity contribution in [1.29, 1.82) is 0 Å². The molecule has 0 atom stereocenters. The molecule has 2 heterocycles. The summed E-state index contributed by atoms with van der Waals surface area (Å²) in [4.78, 5) is 11.3. The first-order valence-corrected chi connectivity index (χ1v) is 6.29. The van der Waals surface area contributed by atoms with Crippen LogP contribution < -0.4 is 4.74 Å². The zero-order valence-corrected chi connectivity index (χ0v) is 11.7. The van der Waals surface area contributed by atoms with Crippen molar-refractivity contribution in [2.24, 2.45) is 0 Å². The van der Waals surface area contributed by atoms with E-state index < -0.39 is 0 Å². The molecule has 5 nitrogen and oxygen atoms in total. The molecule has 3 rings (SSSR count). The summed E-state index contributed by atoms with van der Waals surface area (Å²) in [5.41, 5.74) is 2.74. The second-order valence-corrected chi connectivity index (χ2v) is 4.66. The van der Waals surface area contributed by atoms with Crippen LogP contribution in [0.25, 0.3) is 16.9 Å². The van der Waals surface area contributed by atoms with Crippen molar-refractivity contribution >= 4 is 23.4 Å². The maximum atomic E-state index is 13.2. The van der Waals surface area contributed by atoms with Crippen molar-refractivity contribution in [3.8, 4) is 11.6 Å². The van der Waals surface area contributed by atoms with Gasteiger partial charge in [0.2, 0.25) is 5.88 Å². The van der Waals surface area contributed by atoms with Gasteiger partial charge in [-0.25, -0.2) is 9.37 Å². The zero-order valence-electron chi connectivity index (χ0n) is 10.8. The second-order valence-electron chi connectivity index (χ2n) is 4.28. The Hall–Kier alpha value is -2.28. The van der Waals surface area contributed by atoms with Crippen molar-refractivity contribution < 1.29 is 9.13 Å². The van der Waals surface area contributed by atoms with Gasteiger partial charge in [0, 0.05) is 0 Å². The van der Waals surface area contributed by atoms with Crippen LogP contribution in [0.15, 0.2) is 24.5 Å². The molecule has 0 unspecified atom stereocenters. The number of rotatable bonds is 2. The summed E-state index contributed by atoms with van der Waals surface area (Å²) in [6, 6.07) is 4.51. The van der Waals surface area contributed by atoms with E-state index in [0.717, 1.165) is 11.3 Å². The topological polar surface area (TPSA) is 55.7 Å². The van der Waals surface area contributed by atoms with Crippen molar-refractivity contribution in [1.82, 2.24) is 19.5 Å². The van der Waals surface area contributed by atoms with E-state index in [-0.39, 0.29) is 5.82 Å². The first-order chi connectivity index (χ1) is 9.61. The van der Waals surface area contributed by atoms with Gasteiger partial charge in [0.1, 0.15) is 17.7 Å². The molecule has 3 aromatic rings. The average molecular weight is 290 g/mol. The Kier molecular flexibility index (Phi) is 2.98. The van der Waals surface area contributed by atoms with Gasteiger partial charge in [-0.2, -0.15) is 4.98 Å². The molecule has 0 aliphatic carbocycles. The van der Waals surface area contributed by atoms with Gasteiger partial charge < -0.3 is 9.72 Å². The van der Waals surface area contributed by atoms with Gasteiger partial charge in [0.15, 0.2) is 10.4 Å². The Labute approximate surface area is 119 Å². The third-order valence-corrected chi connectivity index (χ3v) is 3.32. The molecular formula is C13H11FN4OS. The van der Waals surface area contributed by atoms with Crippen LogP contribution in [0.1, 0.15) is 5.56 Å². The largest absolute Gasteiger partial charge is 0.479 e. The molecule has 7 heteroatoms. The van der Waals surface area contributed by atoms with Crippen LogP contribution in [0.5, 0.6) is 5.88 Å². The molecule has 1 N–H and O–H groups in total. The fraction of sp³-hybridized carbons (Fsp3) is 0.154. The number of aromatic nitrogens is 4. The Balaban J connectivity index is 2.37. The summed E-state index contributed by atoms with van der Waals surface area (Å²) in [6.07, 6.45) is 1.40. The van der Waals surface area contributed by atoms with Gasteiger partial charge >= 0.3 is 0 Å². The van der Waals surface area contributed by atoms with Crippen LogP contribution in [-0.2, 0) is 0 Å². The quantitative estimate of drug-likeness (QED) is 0.737. The molecule has 0 aliphatic rings. The third-order valence-electron chi connectivity index (χ3n) is 3.03. The van der Waals surface area contributed by atoms with Crippen molar-refractivity contribution in [2.75, 3.05) is 7.11 Å². The first-order valence-electron chi connectivity index (χ1n) is 5.88. The second kappa shape index (κ2) is 4.68. The number of H-pyrrole nitrogens is 1. The van der Waals surface area contributed by atoms with Crippen molar-refractivity contribution in [3.05, 3.63) is 40.7 Å². The van der Waals surface area contributed by atoms with Gasteiger partial charge in [0.05, 0.1) is 12.8 Å². The minimum Gasteiger partial charge on any atom is -0.479 e. The maximum absolute atomic E-state index is 13.2. The van der Waals surface area contributed by atoms with E-state index in [9.17, 15) is 4.39 Å². The number of hydrogen-bond donors (Lipinski definition) is 1. The fourth-order valence-electron chi connectivity index (χ4n) is 2.15. The monoisotopic (exact) mass is 290 g/mol. The van der Waals surface area contributed by atoms with Crippen molar-refractivity contribution in [2.45, 2.75) is 6.92 Å². The van der Waals surface area contributed by atoms with Crippen LogP contribution >= 0.6 is 12.2 Å². The lowest BCUT2D eigenvalue weighted by Crippen LogP contribution is -1.99. The highest BCUT2D eigenvalue weighted by atomic mass is 32.1. The number of benzene rings is 1. The van der Waals surface area contributed by atoms with Gasteiger partial charge in [-0.15, -0.1) is 0 Å². The summed E-state index contributed by atoms with van der Waals surface area (Å²) in [5, 5.41) is 0. The normalized spacial score (nSPS) is 10.9. The predicted molar refractivity (Wildman–Crippen MR) is 75.3 cm³/mol. The van der Waals surface area contributed by atoms with Crippen LogP contribution in [0.4, 0.5) is 4.39 Å². The summed E-state index contributed by atoms with van der Waals surface area (Å²) >= 11 is 5.33.